The summed E-state index contributed by atoms with van der Waals surface area (Å²) in [7, 11) is -2.38. The number of amides is 1. The van der Waals surface area contributed by atoms with Crippen molar-refractivity contribution in [1.82, 2.24) is 9.62 Å². The van der Waals surface area contributed by atoms with Gasteiger partial charge in [0.1, 0.15) is 5.75 Å². The van der Waals surface area contributed by atoms with Crippen LogP contribution in [-0.4, -0.2) is 69.5 Å². The fourth-order valence-corrected chi connectivity index (χ4v) is 9.27. The van der Waals surface area contributed by atoms with Crippen LogP contribution in [0.1, 0.15) is 54.7 Å². The first-order valence-electron chi connectivity index (χ1n) is 16.6. The van der Waals surface area contributed by atoms with Crippen molar-refractivity contribution in [3.05, 3.63) is 95.3 Å². The number of aliphatic hydroxyl groups is 1. The zero-order valence-corrected chi connectivity index (χ0v) is 27.5. The predicted molar refractivity (Wildman–Crippen MR) is 177 cm³/mol. The lowest BCUT2D eigenvalue weighted by Gasteiger charge is -2.31. The molecule has 3 unspecified atom stereocenters. The number of nitrogens with one attached hydrogen (secondary N) is 1. The Hall–Kier alpha value is -3.70. The Morgan fingerprint density at radius 1 is 0.979 bits per heavy atom. The minimum Gasteiger partial charge on any atom is -0.497 e. The monoisotopic (exact) mass is 658 g/mol. The highest BCUT2D eigenvalue weighted by Gasteiger charge is 2.41. The van der Waals surface area contributed by atoms with Crippen molar-refractivity contribution in [3.8, 4) is 16.9 Å². The molecule has 4 aliphatic rings. The van der Waals surface area contributed by atoms with E-state index in [4.69, 9.17) is 14.2 Å². The van der Waals surface area contributed by atoms with E-state index in [2.05, 4.69) is 47.8 Å². The standard InChI is InChI=1S/C37H42N2O7S/c1-44-30-9-11-31(12-10-30)47(42,43)39(14-16-40)15-17-45-36-23-28(22-35(46-36)37(41)38-34-19-24-6-7-27(34)18-24)25-8-13-33-29(20-25)21-26-4-2-3-5-32(26)33/h2-5,8-13,20,22,24,27-28,34,36,40H,6-7,14-19,21,23H2,1H3,(H,38,41)/t24?,27?,28-,34?,36+/m0/s1. The predicted octanol–water partition coefficient (Wildman–Crippen LogP) is 4.98. The number of carbonyl (C=O) groups excluding carboxylic acids is 1. The summed E-state index contributed by atoms with van der Waals surface area (Å²) in [5, 5.41) is 12.9. The Morgan fingerprint density at radius 2 is 1.79 bits per heavy atom. The van der Waals surface area contributed by atoms with E-state index in [1.807, 2.05) is 6.08 Å². The quantitative estimate of drug-likeness (QED) is 0.221. The maximum absolute atomic E-state index is 13.6. The van der Waals surface area contributed by atoms with E-state index in [0.717, 1.165) is 24.8 Å². The van der Waals surface area contributed by atoms with Gasteiger partial charge in [0.05, 0.1) is 25.2 Å². The molecule has 2 fully saturated rings. The van der Waals surface area contributed by atoms with Gasteiger partial charge >= 0.3 is 0 Å². The van der Waals surface area contributed by atoms with Gasteiger partial charge in [-0.3, -0.25) is 4.79 Å². The molecule has 7 rings (SSSR count). The number of nitrogens with zero attached hydrogens (tertiary/aromatic N) is 1. The van der Waals surface area contributed by atoms with Crippen LogP contribution in [0.2, 0.25) is 0 Å². The number of carbonyl (C=O) groups is 1. The van der Waals surface area contributed by atoms with Gasteiger partial charge in [0, 0.05) is 31.5 Å². The van der Waals surface area contributed by atoms with Gasteiger partial charge in [-0.25, -0.2) is 8.42 Å². The Bertz CT molecular complexity index is 1760. The summed E-state index contributed by atoms with van der Waals surface area (Å²) in [4.78, 5) is 13.7. The zero-order valence-electron chi connectivity index (χ0n) is 26.6. The molecule has 2 N–H and O–H groups in total. The van der Waals surface area contributed by atoms with Crippen LogP contribution in [0.4, 0.5) is 0 Å². The average Bonchev–Trinajstić information content (AvgIpc) is 3.82. The van der Waals surface area contributed by atoms with E-state index < -0.39 is 16.3 Å². The normalized spacial score (nSPS) is 24.4. The number of allylic oxidation sites excluding steroid dienone is 1. The molecule has 1 aliphatic heterocycles. The van der Waals surface area contributed by atoms with Gasteiger partial charge in [-0.05, 0) is 95.7 Å². The minimum atomic E-state index is -3.89. The highest BCUT2D eigenvalue weighted by molar-refractivity contribution is 7.89. The van der Waals surface area contributed by atoms with E-state index in [1.54, 1.807) is 12.1 Å². The third-order valence-corrected chi connectivity index (χ3v) is 12.2. The first-order chi connectivity index (χ1) is 22.8. The summed E-state index contributed by atoms with van der Waals surface area (Å²) in [6, 6.07) is 21.3. The van der Waals surface area contributed by atoms with Crippen molar-refractivity contribution in [1.29, 1.82) is 0 Å². The Balaban J connectivity index is 1.07. The molecule has 0 spiro atoms. The number of aliphatic hydroxyl groups excluding tert-OH is 1. The second-order valence-electron chi connectivity index (χ2n) is 13.1. The highest BCUT2D eigenvalue weighted by atomic mass is 32.2. The second kappa shape index (κ2) is 13.4. The fraction of sp³-hybridized carbons (Fsp3) is 0.432. The molecular weight excluding hydrogens is 616 g/mol. The molecule has 9 nitrogen and oxygen atoms in total. The molecule has 47 heavy (non-hydrogen) atoms. The van der Waals surface area contributed by atoms with Crippen LogP contribution in [0.5, 0.6) is 5.75 Å². The molecule has 248 valence electrons. The molecule has 2 saturated carbocycles. The molecule has 10 heteroatoms. The third kappa shape index (κ3) is 6.56. The van der Waals surface area contributed by atoms with Crippen molar-refractivity contribution in [2.75, 3.05) is 33.4 Å². The maximum Gasteiger partial charge on any atom is 0.286 e. The number of methoxy groups -OCH3 is 1. The van der Waals surface area contributed by atoms with Gasteiger partial charge in [-0.1, -0.05) is 48.9 Å². The van der Waals surface area contributed by atoms with Crippen LogP contribution < -0.4 is 10.1 Å². The van der Waals surface area contributed by atoms with Crippen molar-refractivity contribution < 1.29 is 32.5 Å². The first kappa shape index (κ1) is 31.9. The van der Waals surface area contributed by atoms with Crippen molar-refractivity contribution in [3.63, 3.8) is 0 Å². The number of fused-ring (bicyclic) bond motifs is 5. The molecular formula is C37H42N2O7S. The maximum atomic E-state index is 13.6. The highest BCUT2D eigenvalue weighted by Crippen LogP contribution is 2.45. The number of sulfonamides is 1. The van der Waals surface area contributed by atoms with Gasteiger partial charge in [0.25, 0.3) is 5.91 Å². The minimum absolute atomic E-state index is 0.00688. The van der Waals surface area contributed by atoms with Crippen molar-refractivity contribution in [2.24, 2.45) is 11.8 Å². The largest absolute Gasteiger partial charge is 0.497 e. The molecule has 5 atom stereocenters. The summed E-state index contributed by atoms with van der Waals surface area (Å²) in [5.74, 6) is 1.67. The molecule has 3 aromatic rings. The third-order valence-electron chi connectivity index (χ3n) is 10.3. The van der Waals surface area contributed by atoms with Crippen LogP contribution >= 0.6 is 0 Å². The molecule has 3 aromatic carbocycles. The molecule has 0 saturated heterocycles. The van der Waals surface area contributed by atoms with Gasteiger partial charge in [0.2, 0.25) is 16.3 Å². The Kier molecular flexibility index (Phi) is 9.11. The van der Waals surface area contributed by atoms with Crippen LogP contribution in [0, 0.1) is 11.8 Å². The van der Waals surface area contributed by atoms with Crippen molar-refractivity contribution >= 4 is 15.9 Å². The molecule has 3 aliphatic carbocycles. The second-order valence-corrected chi connectivity index (χ2v) is 15.0. The van der Waals surface area contributed by atoms with E-state index in [-0.39, 0.29) is 54.8 Å². The SMILES string of the molecule is COc1ccc(S(=O)(=O)N(CCO)CCO[C@H]2C[C@@H](c3ccc4c(c3)Cc3ccccc3-4)C=C(C(=O)NC3CC4CCC3C4)O2)cc1. The van der Waals surface area contributed by atoms with E-state index in [9.17, 15) is 18.3 Å². The fourth-order valence-electron chi connectivity index (χ4n) is 7.85. The summed E-state index contributed by atoms with van der Waals surface area (Å²) < 4.78 is 45.5. The topological polar surface area (TPSA) is 114 Å². The van der Waals surface area contributed by atoms with Crippen LogP contribution in [0.15, 0.2) is 83.5 Å². The molecule has 0 radical (unpaired) electrons. The number of ether oxygens (including phenoxy) is 3. The van der Waals surface area contributed by atoms with Crippen molar-refractivity contribution in [2.45, 2.75) is 61.7 Å². The summed E-state index contributed by atoms with van der Waals surface area (Å²) in [5.41, 5.74) is 6.16. The summed E-state index contributed by atoms with van der Waals surface area (Å²) in [6.07, 6.45) is 7.11. The number of benzene rings is 3. The average molecular weight is 659 g/mol. The molecule has 0 aromatic heterocycles. The lowest BCUT2D eigenvalue weighted by Crippen LogP contribution is -2.41. The number of hydrogen-bond acceptors (Lipinski definition) is 7. The number of rotatable bonds is 12. The Labute approximate surface area is 276 Å². The van der Waals surface area contributed by atoms with E-state index in [0.29, 0.717) is 24.0 Å². The summed E-state index contributed by atoms with van der Waals surface area (Å²) in [6.45, 7) is -0.392. The van der Waals surface area contributed by atoms with Gasteiger partial charge in [-0.2, -0.15) is 4.31 Å². The summed E-state index contributed by atoms with van der Waals surface area (Å²) >= 11 is 0. The van der Waals surface area contributed by atoms with Gasteiger partial charge < -0.3 is 24.6 Å². The lowest BCUT2D eigenvalue weighted by atomic mass is 9.90. The van der Waals surface area contributed by atoms with Gasteiger partial charge in [-0.15, -0.1) is 0 Å². The van der Waals surface area contributed by atoms with Gasteiger partial charge in [0.15, 0.2) is 5.76 Å². The molecule has 2 bridgehead atoms. The Morgan fingerprint density at radius 3 is 2.53 bits per heavy atom. The molecule has 1 heterocycles. The van der Waals surface area contributed by atoms with E-state index >= 15 is 0 Å². The van der Waals surface area contributed by atoms with E-state index in [1.165, 1.54) is 58.6 Å². The van der Waals surface area contributed by atoms with Crippen LogP contribution in [0.3, 0.4) is 0 Å². The smallest absolute Gasteiger partial charge is 0.286 e. The lowest BCUT2D eigenvalue weighted by molar-refractivity contribution is -0.147. The van der Waals surface area contributed by atoms with Crippen LogP contribution in [0.25, 0.3) is 11.1 Å². The number of hydrogen-bond donors (Lipinski definition) is 2. The van der Waals surface area contributed by atoms with Crippen LogP contribution in [-0.2, 0) is 30.7 Å². The zero-order chi connectivity index (χ0) is 32.5. The molecule has 1 amide bonds. The first-order valence-corrected chi connectivity index (χ1v) is 18.0.